The molecule has 1 fully saturated rings. The lowest BCUT2D eigenvalue weighted by Gasteiger charge is -2.18. The normalized spacial score (nSPS) is 16.3. The molecular weight excluding hydrogens is 253 g/mol. The Kier molecular flexibility index (Phi) is 3.83. The number of hydrogen-bond donors (Lipinski definition) is 1. The van der Waals surface area contributed by atoms with E-state index in [-0.39, 0.29) is 5.82 Å². The van der Waals surface area contributed by atoms with Crippen molar-refractivity contribution in [2.45, 2.75) is 25.3 Å². The lowest BCUT2D eigenvalue weighted by atomic mass is 10.0. The van der Waals surface area contributed by atoms with E-state index in [1.54, 1.807) is 12.1 Å². The van der Waals surface area contributed by atoms with Gasteiger partial charge in [0.2, 0.25) is 0 Å². The number of aromatic nitrogens is 2. The van der Waals surface area contributed by atoms with Crippen molar-refractivity contribution in [1.29, 1.82) is 0 Å². The van der Waals surface area contributed by atoms with Crippen LogP contribution < -0.4 is 5.32 Å². The topological polar surface area (TPSA) is 29.9 Å². The molecule has 1 aromatic heterocycles. The molecule has 1 aromatic carbocycles. The molecule has 0 saturated heterocycles. The maximum absolute atomic E-state index is 13.0. The van der Waals surface area contributed by atoms with E-state index >= 15 is 0 Å². The van der Waals surface area contributed by atoms with Crippen molar-refractivity contribution in [2.24, 2.45) is 13.0 Å². The molecule has 2 aromatic rings. The summed E-state index contributed by atoms with van der Waals surface area (Å²) in [5.74, 6) is 1.62. The van der Waals surface area contributed by atoms with Crippen molar-refractivity contribution in [3.05, 3.63) is 53.9 Å². The number of benzene rings is 1. The van der Waals surface area contributed by atoms with Crippen LogP contribution in [0.4, 0.5) is 4.39 Å². The van der Waals surface area contributed by atoms with Crippen LogP contribution in [0.1, 0.15) is 30.3 Å². The minimum Gasteiger partial charge on any atom is -0.338 e. The molecule has 1 aliphatic carbocycles. The summed E-state index contributed by atoms with van der Waals surface area (Å²) >= 11 is 0. The number of hydrogen-bond acceptors (Lipinski definition) is 2. The highest BCUT2D eigenvalue weighted by atomic mass is 19.1. The van der Waals surface area contributed by atoms with Gasteiger partial charge in [-0.25, -0.2) is 9.37 Å². The third kappa shape index (κ3) is 3.07. The Morgan fingerprint density at radius 1 is 1.35 bits per heavy atom. The third-order valence-corrected chi connectivity index (χ3v) is 3.96. The Bertz CT molecular complexity index is 557. The van der Waals surface area contributed by atoms with Gasteiger partial charge in [0.25, 0.3) is 0 Å². The SMILES string of the molecule is Cn1ccnc1CCNC(c1ccc(F)cc1)C1CC1. The summed E-state index contributed by atoms with van der Waals surface area (Å²) in [5.41, 5.74) is 1.19. The van der Waals surface area contributed by atoms with Gasteiger partial charge in [-0.2, -0.15) is 0 Å². The molecule has 3 nitrogen and oxygen atoms in total. The molecule has 1 aliphatic rings. The summed E-state index contributed by atoms with van der Waals surface area (Å²) < 4.78 is 15.1. The van der Waals surface area contributed by atoms with Gasteiger partial charge in [-0.05, 0) is 36.5 Å². The quantitative estimate of drug-likeness (QED) is 0.877. The van der Waals surface area contributed by atoms with Crippen molar-refractivity contribution in [1.82, 2.24) is 14.9 Å². The smallest absolute Gasteiger partial charge is 0.123 e. The number of rotatable bonds is 6. The van der Waals surface area contributed by atoms with Crippen LogP contribution in [0.5, 0.6) is 0 Å². The van der Waals surface area contributed by atoms with Gasteiger partial charge in [0.15, 0.2) is 0 Å². The lowest BCUT2D eigenvalue weighted by molar-refractivity contribution is 0.478. The van der Waals surface area contributed by atoms with Crippen molar-refractivity contribution in [2.75, 3.05) is 6.54 Å². The molecule has 1 N–H and O–H groups in total. The molecule has 1 saturated carbocycles. The van der Waals surface area contributed by atoms with Crippen molar-refractivity contribution in [3.8, 4) is 0 Å². The molecular formula is C16H20FN3. The average molecular weight is 273 g/mol. The summed E-state index contributed by atoms with van der Waals surface area (Å²) in [6.45, 7) is 0.892. The third-order valence-electron chi connectivity index (χ3n) is 3.96. The molecule has 0 spiro atoms. The fraction of sp³-hybridized carbons (Fsp3) is 0.438. The number of nitrogens with one attached hydrogen (secondary N) is 1. The van der Waals surface area contributed by atoms with Gasteiger partial charge in [0.1, 0.15) is 11.6 Å². The first-order valence-electron chi connectivity index (χ1n) is 7.19. The first-order valence-corrected chi connectivity index (χ1v) is 7.19. The second-order valence-electron chi connectivity index (χ2n) is 5.53. The van der Waals surface area contributed by atoms with E-state index in [2.05, 4.69) is 10.3 Å². The molecule has 0 bridgehead atoms. The van der Waals surface area contributed by atoms with Gasteiger partial charge in [0.05, 0.1) is 0 Å². The van der Waals surface area contributed by atoms with Gasteiger partial charge in [-0.1, -0.05) is 12.1 Å². The number of halogens is 1. The van der Waals surface area contributed by atoms with Gasteiger partial charge >= 0.3 is 0 Å². The van der Waals surface area contributed by atoms with E-state index < -0.39 is 0 Å². The minimum atomic E-state index is -0.170. The summed E-state index contributed by atoms with van der Waals surface area (Å²) in [4.78, 5) is 4.33. The molecule has 106 valence electrons. The summed E-state index contributed by atoms with van der Waals surface area (Å²) in [7, 11) is 2.01. The van der Waals surface area contributed by atoms with Crippen LogP contribution in [0.3, 0.4) is 0 Å². The second kappa shape index (κ2) is 5.75. The minimum absolute atomic E-state index is 0.170. The van der Waals surface area contributed by atoms with Crippen LogP contribution in [0, 0.1) is 11.7 Å². The Morgan fingerprint density at radius 3 is 2.70 bits per heavy atom. The molecule has 4 heteroatoms. The van der Waals surface area contributed by atoms with Crippen LogP contribution in [0.15, 0.2) is 36.7 Å². The zero-order chi connectivity index (χ0) is 13.9. The summed E-state index contributed by atoms with van der Waals surface area (Å²) in [6.07, 6.45) is 7.23. The van der Waals surface area contributed by atoms with Crippen molar-refractivity contribution < 1.29 is 4.39 Å². The van der Waals surface area contributed by atoms with E-state index in [0.29, 0.717) is 12.0 Å². The summed E-state index contributed by atoms with van der Waals surface area (Å²) in [5, 5.41) is 3.61. The number of aryl methyl sites for hydroxylation is 1. The van der Waals surface area contributed by atoms with Crippen molar-refractivity contribution >= 4 is 0 Å². The van der Waals surface area contributed by atoms with Gasteiger partial charge in [-0.3, -0.25) is 0 Å². The molecule has 1 atom stereocenters. The molecule has 0 radical (unpaired) electrons. The predicted molar refractivity (Wildman–Crippen MR) is 76.8 cm³/mol. The highest BCUT2D eigenvalue weighted by molar-refractivity contribution is 5.22. The fourth-order valence-corrected chi connectivity index (χ4v) is 2.63. The first kappa shape index (κ1) is 13.3. The average Bonchev–Trinajstić information content (AvgIpc) is 3.20. The fourth-order valence-electron chi connectivity index (χ4n) is 2.63. The Morgan fingerprint density at radius 2 is 2.10 bits per heavy atom. The van der Waals surface area contributed by atoms with E-state index in [4.69, 9.17) is 0 Å². The monoisotopic (exact) mass is 273 g/mol. The Labute approximate surface area is 118 Å². The second-order valence-corrected chi connectivity index (χ2v) is 5.53. The number of imidazole rings is 1. The molecule has 0 amide bonds. The van der Waals surface area contributed by atoms with E-state index in [9.17, 15) is 4.39 Å². The molecule has 0 aliphatic heterocycles. The van der Waals surface area contributed by atoms with Gasteiger partial charge in [-0.15, -0.1) is 0 Å². The first-order chi connectivity index (χ1) is 9.74. The maximum atomic E-state index is 13.0. The zero-order valence-electron chi connectivity index (χ0n) is 11.7. The zero-order valence-corrected chi connectivity index (χ0v) is 11.7. The lowest BCUT2D eigenvalue weighted by Crippen LogP contribution is -2.26. The van der Waals surface area contributed by atoms with Crippen molar-refractivity contribution in [3.63, 3.8) is 0 Å². The van der Waals surface area contributed by atoms with E-state index in [1.807, 2.05) is 36.1 Å². The van der Waals surface area contributed by atoms with Crippen LogP contribution in [-0.2, 0) is 13.5 Å². The van der Waals surface area contributed by atoms with Crippen LogP contribution >= 0.6 is 0 Å². The summed E-state index contributed by atoms with van der Waals surface area (Å²) in [6, 6.07) is 7.23. The Hall–Kier alpha value is -1.68. The maximum Gasteiger partial charge on any atom is 0.123 e. The number of nitrogens with zero attached hydrogens (tertiary/aromatic N) is 2. The predicted octanol–water partition coefficient (Wildman–Crippen LogP) is 2.84. The van der Waals surface area contributed by atoms with E-state index in [1.165, 1.54) is 18.4 Å². The molecule has 3 rings (SSSR count). The largest absolute Gasteiger partial charge is 0.338 e. The Balaban J connectivity index is 1.60. The standard InChI is InChI=1S/C16H20FN3/c1-20-11-10-18-15(20)8-9-19-16(12-2-3-12)13-4-6-14(17)7-5-13/h4-7,10-12,16,19H,2-3,8-9H2,1H3. The van der Waals surface area contributed by atoms with E-state index in [0.717, 1.165) is 18.8 Å². The van der Waals surface area contributed by atoms with Crippen LogP contribution in [0.25, 0.3) is 0 Å². The van der Waals surface area contributed by atoms with Crippen LogP contribution in [0.2, 0.25) is 0 Å². The molecule has 1 heterocycles. The van der Waals surface area contributed by atoms with Gasteiger partial charge < -0.3 is 9.88 Å². The highest BCUT2D eigenvalue weighted by Crippen LogP contribution is 2.40. The highest BCUT2D eigenvalue weighted by Gasteiger charge is 2.31. The van der Waals surface area contributed by atoms with Crippen LogP contribution in [-0.4, -0.2) is 16.1 Å². The van der Waals surface area contributed by atoms with Gasteiger partial charge in [0, 0.05) is 38.4 Å². The molecule has 1 unspecified atom stereocenters. The molecule has 20 heavy (non-hydrogen) atoms.